The number of rotatable bonds is 13. The van der Waals surface area contributed by atoms with Crippen LogP contribution < -0.4 is 28.4 Å². The number of hydrogen-bond acceptors (Lipinski definition) is 6. The van der Waals surface area contributed by atoms with Gasteiger partial charge < -0.3 is 28.4 Å². The molecule has 0 aromatic heterocycles. The summed E-state index contributed by atoms with van der Waals surface area (Å²) < 4.78 is 32.2. The first-order valence-electron chi connectivity index (χ1n) is 26.9. The van der Waals surface area contributed by atoms with Crippen LogP contribution in [0.25, 0.3) is 0 Å². The maximum Gasteiger partial charge on any atom is 0.121 e. The van der Waals surface area contributed by atoms with Gasteiger partial charge in [-0.15, -0.1) is 0 Å². The van der Waals surface area contributed by atoms with E-state index in [2.05, 4.69) is 137 Å². The Hall–Kier alpha value is -5.88. The Bertz CT molecular complexity index is 2340. The van der Waals surface area contributed by atoms with Crippen molar-refractivity contribution < 1.29 is 28.4 Å². The van der Waals surface area contributed by atoms with Gasteiger partial charge in [-0.1, -0.05) is 164 Å². The monoisotopic (exact) mass is 975 g/mol. The summed E-state index contributed by atoms with van der Waals surface area (Å²) in [5.74, 6) is 5.58. The van der Waals surface area contributed by atoms with E-state index < -0.39 is 0 Å². The third kappa shape index (κ3) is 13.6. The Kier molecular flexibility index (Phi) is 21.0. The van der Waals surface area contributed by atoms with Crippen molar-refractivity contribution in [1.29, 1.82) is 0 Å². The van der Waals surface area contributed by atoms with Crippen molar-refractivity contribution in [2.45, 2.75) is 153 Å². The van der Waals surface area contributed by atoms with E-state index in [0.717, 1.165) is 40.9 Å². The van der Waals surface area contributed by atoms with Crippen molar-refractivity contribution in [3.05, 3.63) is 178 Å². The molecule has 6 aromatic rings. The molecule has 2 saturated carbocycles. The highest BCUT2D eigenvalue weighted by Crippen LogP contribution is 2.47. The van der Waals surface area contributed by atoms with Crippen LogP contribution in [-0.2, 0) is 16.2 Å². The summed E-state index contributed by atoms with van der Waals surface area (Å²) in [5.41, 5.74) is 10.9. The average Bonchev–Trinajstić information content (AvgIpc) is 3.43. The van der Waals surface area contributed by atoms with Gasteiger partial charge in [0.2, 0.25) is 0 Å². The molecular weight excluding hydrogens is 889 g/mol. The Balaban J connectivity index is 0.000000179. The van der Waals surface area contributed by atoms with Crippen molar-refractivity contribution in [2.24, 2.45) is 0 Å². The SMILES string of the molecule is CCC(C)(c1ccc(OC)cc1)c1ccc(OC)cc1.COc1ccc(C2(c3ccc(OC)c(C)c3)CCCCC2)cc1C.COc1ccc(C2(c3ccc(OC)cc3)CCCCCCCCCCC2)cc1. The first-order chi connectivity index (χ1) is 35.0. The van der Waals surface area contributed by atoms with Gasteiger partial charge in [-0.2, -0.15) is 0 Å². The van der Waals surface area contributed by atoms with E-state index in [9.17, 15) is 0 Å². The van der Waals surface area contributed by atoms with Crippen molar-refractivity contribution in [2.75, 3.05) is 42.7 Å². The molecule has 0 saturated heterocycles. The molecule has 0 bridgehead atoms. The smallest absolute Gasteiger partial charge is 0.121 e. The first kappa shape index (κ1) is 55.4. The molecule has 2 fully saturated rings. The van der Waals surface area contributed by atoms with Gasteiger partial charge >= 0.3 is 0 Å². The highest BCUT2D eigenvalue weighted by Gasteiger charge is 2.37. The molecule has 6 heteroatoms. The molecule has 386 valence electrons. The molecule has 0 amide bonds. The first-order valence-corrected chi connectivity index (χ1v) is 26.9. The summed E-state index contributed by atoms with van der Waals surface area (Å²) >= 11 is 0. The van der Waals surface area contributed by atoms with Crippen LogP contribution in [-0.4, -0.2) is 42.7 Å². The summed E-state index contributed by atoms with van der Waals surface area (Å²) in [7, 11) is 10.3. The summed E-state index contributed by atoms with van der Waals surface area (Å²) in [6, 6.07) is 47.7. The molecule has 0 heterocycles. The minimum atomic E-state index is -0.00145. The molecule has 0 aliphatic heterocycles. The number of aryl methyl sites for hydroxylation is 2. The largest absolute Gasteiger partial charge is 0.497 e. The minimum absolute atomic E-state index is 0.00145. The Morgan fingerprint density at radius 3 is 0.889 bits per heavy atom. The van der Waals surface area contributed by atoms with Gasteiger partial charge in [0.05, 0.1) is 42.7 Å². The van der Waals surface area contributed by atoms with Crippen LogP contribution in [0.5, 0.6) is 34.5 Å². The van der Waals surface area contributed by atoms with E-state index >= 15 is 0 Å². The quantitative estimate of drug-likeness (QED) is 0.115. The zero-order valence-electron chi connectivity index (χ0n) is 45.7. The second kappa shape index (κ2) is 27.3. The van der Waals surface area contributed by atoms with Gasteiger partial charge in [0.15, 0.2) is 0 Å². The Labute approximate surface area is 434 Å². The number of methoxy groups -OCH3 is 6. The van der Waals surface area contributed by atoms with Gasteiger partial charge in [0.25, 0.3) is 0 Å². The highest BCUT2D eigenvalue weighted by molar-refractivity contribution is 5.49. The molecule has 0 unspecified atom stereocenters. The zero-order valence-corrected chi connectivity index (χ0v) is 45.7. The van der Waals surface area contributed by atoms with Crippen molar-refractivity contribution in [3.8, 4) is 34.5 Å². The Morgan fingerprint density at radius 1 is 0.347 bits per heavy atom. The second-order valence-electron chi connectivity index (χ2n) is 20.4. The van der Waals surface area contributed by atoms with Crippen LogP contribution in [0.4, 0.5) is 0 Å². The molecule has 6 aromatic carbocycles. The fourth-order valence-corrected chi connectivity index (χ4v) is 11.5. The maximum atomic E-state index is 5.46. The lowest BCUT2D eigenvalue weighted by molar-refractivity contribution is 0.344. The van der Waals surface area contributed by atoms with Gasteiger partial charge in [-0.25, -0.2) is 0 Å². The van der Waals surface area contributed by atoms with Crippen LogP contribution in [0.1, 0.15) is 168 Å². The van der Waals surface area contributed by atoms with Crippen LogP contribution in [0.15, 0.2) is 133 Å². The average molecular weight is 975 g/mol. The summed E-state index contributed by atoms with van der Waals surface area (Å²) in [5, 5.41) is 0. The second-order valence-corrected chi connectivity index (χ2v) is 20.4. The molecule has 72 heavy (non-hydrogen) atoms. The van der Waals surface area contributed by atoms with E-state index in [-0.39, 0.29) is 16.2 Å². The molecule has 0 atom stereocenters. The predicted molar refractivity (Wildman–Crippen MR) is 300 cm³/mol. The van der Waals surface area contributed by atoms with Gasteiger partial charge in [0, 0.05) is 16.2 Å². The molecule has 2 aliphatic rings. The lowest BCUT2D eigenvalue weighted by Crippen LogP contribution is -2.30. The van der Waals surface area contributed by atoms with E-state index in [4.69, 9.17) is 28.4 Å². The predicted octanol–water partition coefficient (Wildman–Crippen LogP) is 17.3. The van der Waals surface area contributed by atoms with Crippen LogP contribution in [0, 0.1) is 13.8 Å². The standard InChI is InChI=1S/C26H36O2.C22H28O2.C18H22O2/c1-27-24-16-12-22(13-17-24)26(23-14-18-25(28-2)19-15-23)20-10-8-6-4-3-5-7-9-11-21-26;1-16-14-18(8-10-20(16)23-3)22(12-6-5-7-13-22)19-9-11-21(24-4)17(2)15-19;1-5-18(2,14-6-10-16(19-3)11-7-14)15-8-12-17(20-4)13-9-15/h12-19H,3-11,20-21H2,1-2H3;8-11,14-15H,5-7,12-13H2,1-4H3;6-13H,5H2,1-4H3. The molecule has 0 spiro atoms. The topological polar surface area (TPSA) is 55.4 Å². The van der Waals surface area contributed by atoms with Crippen LogP contribution in [0.2, 0.25) is 0 Å². The van der Waals surface area contributed by atoms with Gasteiger partial charge in [-0.3, -0.25) is 0 Å². The minimum Gasteiger partial charge on any atom is -0.497 e. The van der Waals surface area contributed by atoms with Gasteiger partial charge in [0.1, 0.15) is 34.5 Å². The van der Waals surface area contributed by atoms with Crippen LogP contribution >= 0.6 is 0 Å². The summed E-state index contributed by atoms with van der Waals surface area (Å²) in [6.45, 7) is 8.77. The summed E-state index contributed by atoms with van der Waals surface area (Å²) in [4.78, 5) is 0. The zero-order chi connectivity index (χ0) is 51.4. The van der Waals surface area contributed by atoms with E-state index in [1.165, 1.54) is 147 Å². The lowest BCUT2D eigenvalue weighted by atomic mass is 9.65. The molecule has 8 rings (SSSR count). The molecular formula is C66H86O6. The number of hydrogen-bond donors (Lipinski definition) is 0. The highest BCUT2D eigenvalue weighted by atomic mass is 16.5. The van der Waals surface area contributed by atoms with Crippen LogP contribution in [0.3, 0.4) is 0 Å². The molecule has 0 N–H and O–H groups in total. The van der Waals surface area contributed by atoms with Crippen molar-refractivity contribution >= 4 is 0 Å². The lowest BCUT2D eigenvalue weighted by Gasteiger charge is -2.39. The normalized spacial score (nSPS) is 15.9. The number of benzene rings is 6. The van der Waals surface area contributed by atoms with Gasteiger partial charge in [-0.05, 0) is 151 Å². The molecule has 6 nitrogen and oxygen atoms in total. The maximum absolute atomic E-state index is 5.46. The van der Waals surface area contributed by atoms with E-state index in [1.807, 2.05) is 24.3 Å². The Morgan fingerprint density at radius 2 is 0.611 bits per heavy atom. The third-order valence-corrected chi connectivity index (χ3v) is 16.3. The molecule has 2 aliphatic carbocycles. The van der Waals surface area contributed by atoms with Crippen molar-refractivity contribution in [3.63, 3.8) is 0 Å². The third-order valence-electron chi connectivity index (χ3n) is 16.3. The fourth-order valence-electron chi connectivity index (χ4n) is 11.5. The van der Waals surface area contributed by atoms with E-state index in [0.29, 0.717) is 0 Å². The van der Waals surface area contributed by atoms with Crippen molar-refractivity contribution in [1.82, 2.24) is 0 Å². The summed E-state index contributed by atoms with van der Waals surface area (Å²) in [6.07, 6.45) is 22.0. The fraction of sp³-hybridized carbons (Fsp3) is 0.455. The molecule has 0 radical (unpaired) electrons. The van der Waals surface area contributed by atoms with E-state index in [1.54, 1.807) is 42.7 Å². The number of ether oxygens (including phenoxy) is 6.